The van der Waals surface area contributed by atoms with E-state index in [9.17, 15) is 142 Å². The van der Waals surface area contributed by atoms with Crippen molar-refractivity contribution < 1.29 is 208 Å². The van der Waals surface area contributed by atoms with Crippen LogP contribution in [0.2, 0.25) is 0 Å². The number of carbonyl (C=O) groups is 4. The van der Waals surface area contributed by atoms with Crippen LogP contribution in [0.3, 0.4) is 0 Å². The van der Waals surface area contributed by atoms with Crippen LogP contribution in [0.4, 0.5) is 0 Å². The normalized spacial score (nSPS) is 45.4. The topological polar surface area (TPSA) is 719 Å². The van der Waals surface area contributed by atoms with Gasteiger partial charge in [0.1, 0.15) is 177 Å². The number of hydrogen-bond donors (Lipinski definition) is 27. The van der Waals surface area contributed by atoms with E-state index in [4.69, 9.17) is 66.3 Å². The SMILES string of the molecule is CC(=O)N[C@H]1[C@H](O[C@H]2[C@@H](O)[C@@H](CO)O[C@@H](O[C@H]3[C@H](O[C@@H]4O[C@@H](C)[C@@H](O)[C@@H](O)[C@@H]4O)[C@@H](NC(C)=O)[C@H](O[C@@H]([C@@H](O)[C@H](O)CO)[C@@H](O)CO)O[C@@H]3CO)[C@@H]2O)O[C@H](CO)[C@@H](O[C@@H]2O[C@H](CO)[C@H](O)[C@H](O[C@]3(C(=O)O)C[C@H](O)[C@@H](NC(C)=O)[C@H]([C@H](O)[C@H](O)CO)O3)[C@H]2O)[C@@H]1O[C@@H]1O[C@@H](C)[C@@H](O)[C@@H](O)[C@@H]1O. The van der Waals surface area contributed by atoms with Gasteiger partial charge in [0.25, 0.3) is 5.79 Å². The van der Waals surface area contributed by atoms with Gasteiger partial charge in [-0.05, 0) is 13.8 Å². The van der Waals surface area contributed by atoms with Crippen molar-refractivity contribution in [3.05, 3.63) is 0 Å². The smallest absolute Gasteiger partial charge is 0.364 e. The number of aliphatic hydroxyl groups excluding tert-OH is 23. The predicted molar refractivity (Wildman–Crippen MR) is 316 cm³/mol. The lowest BCUT2D eigenvalue weighted by Gasteiger charge is -2.53. The van der Waals surface area contributed by atoms with Crippen LogP contribution in [0.25, 0.3) is 0 Å². The van der Waals surface area contributed by atoms with Gasteiger partial charge in [-0.15, -0.1) is 0 Å². The Morgan fingerprint density at radius 2 is 0.794 bits per heavy atom. The fraction of sp³-hybridized carbons (Fsp3) is 0.930. The first kappa shape index (κ1) is 85.6. The van der Waals surface area contributed by atoms with Crippen LogP contribution in [-0.2, 0) is 85.5 Å². The molecule has 27 N–H and O–H groups in total. The summed E-state index contributed by atoms with van der Waals surface area (Å²) in [5.41, 5.74) is 0. The van der Waals surface area contributed by atoms with Crippen LogP contribution in [0.15, 0.2) is 0 Å². The summed E-state index contributed by atoms with van der Waals surface area (Å²) < 4.78 is 83.9. The largest absolute Gasteiger partial charge is 0.477 e. The zero-order chi connectivity index (χ0) is 76.0. The van der Waals surface area contributed by atoms with Crippen molar-refractivity contribution in [1.29, 1.82) is 0 Å². The third kappa shape index (κ3) is 18.9. The number of carboxylic acids is 1. The molecule has 0 aromatic heterocycles. The first-order chi connectivity index (χ1) is 48.0. The van der Waals surface area contributed by atoms with Gasteiger partial charge < -0.3 is 205 Å². The van der Waals surface area contributed by atoms with E-state index in [1.54, 1.807) is 0 Å². The highest BCUT2D eigenvalue weighted by Crippen LogP contribution is 2.42. The lowest BCUT2D eigenvalue weighted by molar-refractivity contribution is -0.401. The van der Waals surface area contributed by atoms with Gasteiger partial charge in [0.05, 0.1) is 70.6 Å². The van der Waals surface area contributed by atoms with Crippen molar-refractivity contribution in [2.45, 2.75) is 286 Å². The number of rotatable bonds is 30. The van der Waals surface area contributed by atoms with Gasteiger partial charge in [0.15, 0.2) is 37.7 Å². The predicted octanol–water partition coefficient (Wildman–Crippen LogP) is -17.1. The molecule has 0 aliphatic carbocycles. The molecule has 7 aliphatic heterocycles. The molecule has 102 heavy (non-hydrogen) atoms. The fourth-order valence-electron chi connectivity index (χ4n) is 12.9. The van der Waals surface area contributed by atoms with Gasteiger partial charge in [-0.1, -0.05) is 0 Å². The molecule has 45 heteroatoms. The van der Waals surface area contributed by atoms with Crippen LogP contribution in [-0.4, -0.2) is 437 Å². The first-order valence-electron chi connectivity index (χ1n) is 32.4. The second kappa shape index (κ2) is 37.0. The van der Waals surface area contributed by atoms with Gasteiger partial charge in [0, 0.05) is 27.2 Å². The Bertz CT molecular complexity index is 2660. The van der Waals surface area contributed by atoms with E-state index in [0.717, 1.165) is 20.8 Å². The highest BCUT2D eigenvalue weighted by molar-refractivity contribution is 5.77. The number of hydrogen-bond acceptors (Lipinski definition) is 41. The van der Waals surface area contributed by atoms with Gasteiger partial charge in [-0.3, -0.25) is 14.4 Å². The van der Waals surface area contributed by atoms with E-state index in [1.165, 1.54) is 13.8 Å². The Balaban J connectivity index is 1.28. The molecular weight excluding hydrogens is 1400 g/mol. The second-order valence-electron chi connectivity index (χ2n) is 25.7. The van der Waals surface area contributed by atoms with E-state index in [0.29, 0.717) is 0 Å². The summed E-state index contributed by atoms with van der Waals surface area (Å²) in [4.78, 5) is 52.2. The molecule has 7 heterocycles. The summed E-state index contributed by atoms with van der Waals surface area (Å²) >= 11 is 0. The maximum atomic E-state index is 13.5. The summed E-state index contributed by atoms with van der Waals surface area (Å²) in [6.45, 7) is -3.33. The molecule has 0 radical (unpaired) electrons. The highest BCUT2D eigenvalue weighted by atomic mass is 16.8. The van der Waals surface area contributed by atoms with Crippen molar-refractivity contribution in [2.75, 3.05) is 46.2 Å². The maximum Gasteiger partial charge on any atom is 0.364 e. The molecule has 0 bridgehead atoms. The number of aliphatic carboxylic acids is 1. The molecular formula is C57H97N3O42. The van der Waals surface area contributed by atoms with Crippen molar-refractivity contribution in [3.8, 4) is 0 Å². The average Bonchev–Trinajstić information content (AvgIpc) is 0.765. The number of amides is 3. The summed E-state index contributed by atoms with van der Waals surface area (Å²) in [6.07, 6.45) is -78.1. The molecule has 7 aliphatic rings. The van der Waals surface area contributed by atoms with E-state index < -0.39 is 321 Å². The molecule has 7 saturated heterocycles. The zero-order valence-electron chi connectivity index (χ0n) is 55.3. The summed E-state index contributed by atoms with van der Waals surface area (Å²) in [5, 5.41) is 270. The third-order valence-corrected chi connectivity index (χ3v) is 18.4. The molecule has 0 spiro atoms. The molecule has 0 aromatic carbocycles. The zero-order valence-corrected chi connectivity index (χ0v) is 55.3. The van der Waals surface area contributed by atoms with E-state index in [-0.39, 0.29) is 0 Å². The Morgan fingerprint density at radius 3 is 1.22 bits per heavy atom. The molecule has 0 unspecified atom stereocenters. The second-order valence-corrected chi connectivity index (χ2v) is 25.7. The molecule has 45 nitrogen and oxygen atoms in total. The monoisotopic (exact) mass is 1500 g/mol. The van der Waals surface area contributed by atoms with Crippen LogP contribution in [0.1, 0.15) is 41.0 Å². The van der Waals surface area contributed by atoms with Crippen molar-refractivity contribution in [2.24, 2.45) is 0 Å². The molecule has 0 aromatic rings. The first-order valence-corrected chi connectivity index (χ1v) is 32.4. The Labute approximate surface area is 578 Å². The lowest BCUT2D eigenvalue weighted by atomic mass is 9.88. The lowest BCUT2D eigenvalue weighted by Crippen LogP contribution is -2.72. The minimum atomic E-state index is -3.32. The maximum absolute atomic E-state index is 13.5. The molecule has 3 amide bonds. The minimum absolute atomic E-state index is 0.877. The Hall–Kier alpha value is -3.60. The molecule has 7 fully saturated rings. The van der Waals surface area contributed by atoms with Gasteiger partial charge in [-0.25, -0.2) is 4.79 Å². The van der Waals surface area contributed by atoms with Crippen molar-refractivity contribution >= 4 is 23.7 Å². The van der Waals surface area contributed by atoms with Crippen molar-refractivity contribution in [1.82, 2.24) is 16.0 Å². The number of ether oxygens (including phenoxy) is 14. The standard InChI is InChI=1S/C57H97N3O42/c1-14-30(75)36(81)38(83)52(89-14)98-46-28(59-17(4)69)50(95-42(22(74)9-63)32(77)20(72)7-61)93-25(12-66)43(46)96-54-40(85)48(34(79)23(10-64)91-54)100-51-29(60-18(5)70)47(99-53-39(84)37(82)31(76)15(2)90-53)44(26(13-67)94-51)97-55-41(86)49(35(80)24(11-65)92-55)102-57(56(87)88)6-19(71)27(58-16(3)68)45(101-57)33(78)21(73)8-62/h14-15,19-55,61-67,71-86H,6-13H2,1-5H3,(H,58,68)(H,59,69)(H,60,70)(H,87,88)/t14-,15-,19-,20+,21+,22-,23+,24+,25+,26+,27+,28+,29+,30+,31+,32-,33+,34-,35-,36+,37+,38-,39-,40+,41+,42+,43+,44+,45+,46+,47+,48-,49-,50-,51-,52-,53-,54-,55-,57-/m0/s1. The number of carbonyl (C=O) groups excluding carboxylic acids is 3. The minimum Gasteiger partial charge on any atom is -0.477 e. The van der Waals surface area contributed by atoms with Crippen LogP contribution in [0.5, 0.6) is 0 Å². The number of aliphatic hydroxyl groups is 23. The Morgan fingerprint density at radius 1 is 0.422 bits per heavy atom. The molecule has 7 rings (SSSR count). The van der Waals surface area contributed by atoms with Crippen LogP contribution >= 0.6 is 0 Å². The number of carboxylic acid groups (broad SMARTS) is 1. The number of nitrogens with one attached hydrogen (secondary N) is 3. The van der Waals surface area contributed by atoms with Gasteiger partial charge in [0.2, 0.25) is 17.7 Å². The average molecular weight is 1500 g/mol. The third-order valence-electron chi connectivity index (χ3n) is 18.4. The molecule has 0 saturated carbocycles. The van der Waals surface area contributed by atoms with E-state index in [2.05, 4.69) is 16.0 Å². The highest BCUT2D eigenvalue weighted by Gasteiger charge is 2.63. The Kier molecular flexibility index (Phi) is 31.1. The van der Waals surface area contributed by atoms with Gasteiger partial charge in [-0.2, -0.15) is 0 Å². The summed E-state index contributed by atoms with van der Waals surface area (Å²) in [5.74, 6) is -8.38. The summed E-state index contributed by atoms with van der Waals surface area (Å²) in [7, 11) is 0. The quantitative estimate of drug-likeness (QED) is 0.0318. The van der Waals surface area contributed by atoms with Gasteiger partial charge >= 0.3 is 5.97 Å². The van der Waals surface area contributed by atoms with Crippen molar-refractivity contribution in [3.63, 3.8) is 0 Å². The van der Waals surface area contributed by atoms with E-state index in [1.807, 2.05) is 0 Å². The molecule has 40 atom stereocenters. The molecule has 592 valence electrons. The summed E-state index contributed by atoms with van der Waals surface area (Å²) in [6, 6.07) is -5.82. The van der Waals surface area contributed by atoms with Crippen LogP contribution < -0.4 is 16.0 Å². The van der Waals surface area contributed by atoms with Crippen LogP contribution in [0, 0.1) is 0 Å². The fourth-order valence-corrected chi connectivity index (χ4v) is 12.9. The van der Waals surface area contributed by atoms with E-state index >= 15 is 0 Å².